The van der Waals surface area contributed by atoms with E-state index in [1.54, 1.807) is 37.7 Å². The third-order valence-corrected chi connectivity index (χ3v) is 4.33. The van der Waals surface area contributed by atoms with Crippen molar-refractivity contribution in [1.82, 2.24) is 14.9 Å². The molecule has 1 amide bonds. The highest BCUT2D eigenvalue weighted by Gasteiger charge is 2.22. The number of halogens is 1. The number of carbonyl (C=O) groups excluding carboxylic acids is 1. The largest absolute Gasteiger partial charge is 0.495 e. The van der Waals surface area contributed by atoms with E-state index in [-0.39, 0.29) is 5.91 Å². The van der Waals surface area contributed by atoms with Crippen molar-refractivity contribution in [2.45, 2.75) is 6.42 Å². The van der Waals surface area contributed by atoms with Crippen molar-refractivity contribution in [3.63, 3.8) is 0 Å². The van der Waals surface area contributed by atoms with Crippen molar-refractivity contribution >= 4 is 23.5 Å². The number of methoxy groups -OCH3 is 1. The molecule has 1 aliphatic heterocycles. The van der Waals surface area contributed by atoms with E-state index in [4.69, 9.17) is 16.3 Å². The van der Waals surface area contributed by atoms with E-state index >= 15 is 0 Å². The zero-order chi connectivity index (χ0) is 16.9. The van der Waals surface area contributed by atoms with Gasteiger partial charge in [-0.2, -0.15) is 0 Å². The molecular weight excluding hydrogens is 328 g/mol. The van der Waals surface area contributed by atoms with Gasteiger partial charge in [0.25, 0.3) is 0 Å². The molecule has 0 N–H and O–H groups in total. The van der Waals surface area contributed by atoms with Gasteiger partial charge in [0.2, 0.25) is 11.9 Å². The van der Waals surface area contributed by atoms with Crippen LogP contribution in [0.3, 0.4) is 0 Å². The van der Waals surface area contributed by atoms with Crippen molar-refractivity contribution in [3.05, 3.63) is 47.2 Å². The quantitative estimate of drug-likeness (QED) is 0.847. The molecular formula is C17H19ClN4O2. The van der Waals surface area contributed by atoms with Gasteiger partial charge >= 0.3 is 0 Å². The van der Waals surface area contributed by atoms with E-state index in [1.165, 1.54) is 0 Å². The van der Waals surface area contributed by atoms with E-state index in [2.05, 4.69) is 14.9 Å². The zero-order valence-corrected chi connectivity index (χ0v) is 14.2. The fourth-order valence-electron chi connectivity index (χ4n) is 2.72. The van der Waals surface area contributed by atoms with E-state index in [0.717, 1.165) is 18.7 Å². The van der Waals surface area contributed by atoms with Crippen LogP contribution in [0.1, 0.15) is 5.56 Å². The van der Waals surface area contributed by atoms with Gasteiger partial charge in [0, 0.05) is 38.6 Å². The maximum Gasteiger partial charge on any atom is 0.227 e. The number of nitrogens with zero attached hydrogens (tertiary/aromatic N) is 4. The number of hydrogen-bond donors (Lipinski definition) is 0. The average Bonchev–Trinajstić information content (AvgIpc) is 2.63. The molecule has 0 aliphatic carbocycles. The molecule has 1 aliphatic rings. The van der Waals surface area contributed by atoms with Crippen LogP contribution in [0.15, 0.2) is 36.7 Å². The Morgan fingerprint density at radius 3 is 2.54 bits per heavy atom. The molecule has 0 unspecified atom stereocenters. The summed E-state index contributed by atoms with van der Waals surface area (Å²) < 4.78 is 5.13. The molecule has 0 bridgehead atoms. The molecule has 126 valence electrons. The molecule has 1 aromatic heterocycles. The second-order valence-corrected chi connectivity index (χ2v) is 5.97. The van der Waals surface area contributed by atoms with Crippen molar-refractivity contribution < 1.29 is 9.53 Å². The van der Waals surface area contributed by atoms with Crippen LogP contribution < -0.4 is 9.64 Å². The predicted molar refractivity (Wildman–Crippen MR) is 92.5 cm³/mol. The maximum atomic E-state index is 12.5. The first kappa shape index (κ1) is 16.5. The summed E-state index contributed by atoms with van der Waals surface area (Å²) in [6, 6.07) is 7.24. The Labute approximate surface area is 146 Å². The standard InChI is InChI=1S/C17H19ClN4O2/c1-24-15-4-3-13(11-14(15)18)12-16(23)21-7-9-22(10-8-21)17-19-5-2-6-20-17/h2-6,11H,7-10,12H2,1H3. The zero-order valence-electron chi connectivity index (χ0n) is 13.5. The lowest BCUT2D eigenvalue weighted by atomic mass is 10.1. The lowest BCUT2D eigenvalue weighted by Gasteiger charge is -2.34. The van der Waals surface area contributed by atoms with Crippen LogP contribution in [0.25, 0.3) is 0 Å². The summed E-state index contributed by atoms with van der Waals surface area (Å²) in [5, 5.41) is 0.522. The lowest BCUT2D eigenvalue weighted by Crippen LogP contribution is -2.49. The number of ether oxygens (including phenoxy) is 1. The van der Waals surface area contributed by atoms with E-state index < -0.39 is 0 Å². The molecule has 2 aromatic rings. The fraction of sp³-hybridized carbons (Fsp3) is 0.353. The number of aromatic nitrogens is 2. The molecule has 0 atom stereocenters. The van der Waals surface area contributed by atoms with Crippen LogP contribution in [0.5, 0.6) is 5.75 Å². The number of hydrogen-bond acceptors (Lipinski definition) is 5. The minimum atomic E-state index is 0.102. The van der Waals surface area contributed by atoms with Crippen molar-refractivity contribution in [2.75, 3.05) is 38.2 Å². The molecule has 24 heavy (non-hydrogen) atoms. The second kappa shape index (κ2) is 7.49. The molecule has 0 saturated carbocycles. The van der Waals surface area contributed by atoms with Crippen LogP contribution in [0, 0.1) is 0 Å². The average molecular weight is 347 g/mol. The van der Waals surface area contributed by atoms with Crippen LogP contribution in [0.2, 0.25) is 5.02 Å². The summed E-state index contributed by atoms with van der Waals surface area (Å²) in [6.45, 7) is 2.81. The third-order valence-electron chi connectivity index (χ3n) is 4.04. The van der Waals surface area contributed by atoms with Gasteiger partial charge in [-0.05, 0) is 23.8 Å². The molecule has 1 aromatic carbocycles. The minimum absolute atomic E-state index is 0.102. The monoisotopic (exact) mass is 346 g/mol. The van der Waals surface area contributed by atoms with Gasteiger partial charge in [-0.15, -0.1) is 0 Å². The van der Waals surface area contributed by atoms with Crippen molar-refractivity contribution in [1.29, 1.82) is 0 Å². The lowest BCUT2D eigenvalue weighted by molar-refractivity contribution is -0.130. The van der Waals surface area contributed by atoms with Gasteiger partial charge in [-0.3, -0.25) is 4.79 Å². The highest BCUT2D eigenvalue weighted by Crippen LogP contribution is 2.25. The number of carbonyl (C=O) groups is 1. The second-order valence-electron chi connectivity index (χ2n) is 5.56. The van der Waals surface area contributed by atoms with Crippen LogP contribution in [-0.2, 0) is 11.2 Å². The van der Waals surface area contributed by atoms with Gasteiger partial charge in [0.05, 0.1) is 18.6 Å². The number of piperazine rings is 1. The smallest absolute Gasteiger partial charge is 0.227 e. The molecule has 1 fully saturated rings. The van der Waals surface area contributed by atoms with Gasteiger partial charge in [-0.25, -0.2) is 9.97 Å². The first-order valence-corrected chi connectivity index (χ1v) is 8.17. The highest BCUT2D eigenvalue weighted by atomic mass is 35.5. The maximum absolute atomic E-state index is 12.5. The highest BCUT2D eigenvalue weighted by molar-refractivity contribution is 6.32. The summed E-state index contributed by atoms with van der Waals surface area (Å²) in [6.07, 6.45) is 3.80. The Kier molecular flexibility index (Phi) is 5.15. The van der Waals surface area contributed by atoms with Crippen molar-refractivity contribution in [3.8, 4) is 5.75 Å². The Morgan fingerprint density at radius 1 is 1.21 bits per heavy atom. The normalized spacial score (nSPS) is 14.6. The molecule has 7 heteroatoms. The number of anilines is 1. The Balaban J connectivity index is 1.56. The first-order chi connectivity index (χ1) is 11.7. The van der Waals surface area contributed by atoms with Gasteiger partial charge in [0.1, 0.15) is 5.75 Å². The van der Waals surface area contributed by atoms with Crippen LogP contribution >= 0.6 is 11.6 Å². The van der Waals surface area contributed by atoms with Gasteiger partial charge in [-0.1, -0.05) is 17.7 Å². The topological polar surface area (TPSA) is 58.6 Å². The summed E-state index contributed by atoms with van der Waals surface area (Å²) in [5.74, 6) is 1.43. The fourth-order valence-corrected chi connectivity index (χ4v) is 3.00. The summed E-state index contributed by atoms with van der Waals surface area (Å²) in [7, 11) is 1.57. The predicted octanol–water partition coefficient (Wildman–Crippen LogP) is 2.03. The van der Waals surface area contributed by atoms with Gasteiger partial charge < -0.3 is 14.5 Å². The minimum Gasteiger partial charge on any atom is -0.495 e. The first-order valence-electron chi connectivity index (χ1n) is 7.79. The number of amides is 1. The van der Waals surface area contributed by atoms with E-state index in [1.807, 2.05) is 11.0 Å². The van der Waals surface area contributed by atoms with E-state index in [0.29, 0.717) is 36.2 Å². The molecule has 0 spiro atoms. The third kappa shape index (κ3) is 3.76. The summed E-state index contributed by atoms with van der Waals surface area (Å²) in [4.78, 5) is 24.9. The van der Waals surface area contributed by atoms with Gasteiger partial charge in [0.15, 0.2) is 0 Å². The molecule has 2 heterocycles. The molecule has 0 radical (unpaired) electrons. The summed E-state index contributed by atoms with van der Waals surface area (Å²) >= 11 is 6.12. The Morgan fingerprint density at radius 2 is 1.92 bits per heavy atom. The molecule has 1 saturated heterocycles. The SMILES string of the molecule is COc1ccc(CC(=O)N2CCN(c3ncccn3)CC2)cc1Cl. The van der Waals surface area contributed by atoms with Crippen molar-refractivity contribution in [2.24, 2.45) is 0 Å². The Hall–Kier alpha value is -2.34. The number of rotatable bonds is 4. The molecule has 3 rings (SSSR count). The Bertz CT molecular complexity index is 703. The molecule has 6 nitrogen and oxygen atoms in total. The van der Waals surface area contributed by atoms with Crippen LogP contribution in [0.4, 0.5) is 5.95 Å². The van der Waals surface area contributed by atoms with Crippen LogP contribution in [-0.4, -0.2) is 54.1 Å². The van der Waals surface area contributed by atoms with E-state index in [9.17, 15) is 4.79 Å². The number of benzene rings is 1. The summed E-state index contributed by atoms with van der Waals surface area (Å²) in [5.41, 5.74) is 0.889.